The number of para-hydroxylation sites is 1. The Labute approximate surface area is 161 Å². The lowest BCUT2D eigenvalue weighted by Gasteiger charge is -2.09. The first-order valence-corrected chi connectivity index (χ1v) is 8.80. The number of anilines is 1. The normalized spacial score (nSPS) is 10.8. The van der Waals surface area contributed by atoms with Crippen molar-refractivity contribution < 1.29 is 9.18 Å². The van der Waals surface area contributed by atoms with Crippen molar-refractivity contribution in [2.45, 2.75) is 13.5 Å². The summed E-state index contributed by atoms with van der Waals surface area (Å²) >= 11 is 0. The van der Waals surface area contributed by atoms with Gasteiger partial charge in [0.15, 0.2) is 0 Å². The maximum Gasteiger partial charge on any atom is 0.247 e. The largest absolute Gasteiger partial charge is 0.309 e. The molecule has 0 spiro atoms. The molecule has 0 saturated carbocycles. The van der Waals surface area contributed by atoms with Crippen LogP contribution in [0.1, 0.15) is 5.69 Å². The lowest BCUT2D eigenvalue weighted by Crippen LogP contribution is -2.20. The molecule has 1 amide bonds. The number of rotatable bonds is 5. The van der Waals surface area contributed by atoms with Gasteiger partial charge in [0, 0.05) is 17.8 Å². The Kier molecular flexibility index (Phi) is 4.72. The Morgan fingerprint density at radius 3 is 2.57 bits per heavy atom. The van der Waals surface area contributed by atoms with E-state index in [2.05, 4.69) is 15.5 Å². The standard InChI is InChI=1S/C21H18FN5O/c1-15-13-20(27(24-15)16-7-3-2-4-8-16)23-21(28)14-26-12-11-19(25-26)17-9-5-6-10-18(17)22/h2-13H,14H2,1H3,(H,23,28). The highest BCUT2D eigenvalue weighted by Gasteiger charge is 2.13. The molecule has 0 aliphatic carbocycles. The van der Waals surface area contributed by atoms with Gasteiger partial charge in [-0.3, -0.25) is 9.48 Å². The van der Waals surface area contributed by atoms with Crippen molar-refractivity contribution in [2.75, 3.05) is 5.32 Å². The third-order valence-electron chi connectivity index (χ3n) is 4.20. The molecular weight excluding hydrogens is 357 g/mol. The van der Waals surface area contributed by atoms with E-state index in [1.807, 2.05) is 37.3 Å². The van der Waals surface area contributed by atoms with E-state index in [9.17, 15) is 9.18 Å². The summed E-state index contributed by atoms with van der Waals surface area (Å²) in [7, 11) is 0. The highest BCUT2D eigenvalue weighted by molar-refractivity contribution is 5.90. The number of amides is 1. The second-order valence-corrected chi connectivity index (χ2v) is 6.34. The number of aryl methyl sites for hydroxylation is 1. The van der Waals surface area contributed by atoms with Gasteiger partial charge in [0.1, 0.15) is 18.2 Å². The van der Waals surface area contributed by atoms with E-state index < -0.39 is 0 Å². The van der Waals surface area contributed by atoms with E-state index in [1.54, 1.807) is 41.2 Å². The maximum atomic E-state index is 13.9. The van der Waals surface area contributed by atoms with Crippen LogP contribution in [-0.4, -0.2) is 25.5 Å². The van der Waals surface area contributed by atoms with Gasteiger partial charge in [0.05, 0.1) is 17.1 Å². The Balaban J connectivity index is 1.50. The molecule has 0 fully saturated rings. The van der Waals surface area contributed by atoms with Crippen LogP contribution in [-0.2, 0) is 11.3 Å². The molecule has 6 nitrogen and oxygen atoms in total. The van der Waals surface area contributed by atoms with Crippen molar-refractivity contribution in [1.29, 1.82) is 0 Å². The fraction of sp³-hybridized carbons (Fsp3) is 0.0952. The summed E-state index contributed by atoms with van der Waals surface area (Å²) in [5.74, 6) is -0.0186. The van der Waals surface area contributed by atoms with Gasteiger partial charge in [-0.15, -0.1) is 0 Å². The molecule has 28 heavy (non-hydrogen) atoms. The molecule has 0 aliphatic heterocycles. The zero-order chi connectivity index (χ0) is 19.5. The first-order valence-electron chi connectivity index (χ1n) is 8.80. The number of carbonyl (C=O) groups excluding carboxylic acids is 1. The molecule has 0 radical (unpaired) electrons. The molecule has 7 heteroatoms. The Hall–Kier alpha value is -3.74. The number of carbonyl (C=O) groups is 1. The second-order valence-electron chi connectivity index (χ2n) is 6.34. The van der Waals surface area contributed by atoms with Crippen molar-refractivity contribution in [1.82, 2.24) is 19.6 Å². The van der Waals surface area contributed by atoms with Crippen LogP contribution >= 0.6 is 0 Å². The molecule has 4 aromatic rings. The van der Waals surface area contributed by atoms with Crippen LogP contribution < -0.4 is 5.32 Å². The van der Waals surface area contributed by atoms with Gasteiger partial charge in [-0.05, 0) is 37.3 Å². The minimum absolute atomic E-state index is 0.00741. The SMILES string of the molecule is Cc1cc(NC(=O)Cn2ccc(-c3ccccc3F)n2)n(-c2ccccc2)n1. The van der Waals surface area contributed by atoms with E-state index in [1.165, 1.54) is 10.7 Å². The highest BCUT2D eigenvalue weighted by atomic mass is 19.1. The average Bonchev–Trinajstić information content (AvgIpc) is 3.29. The summed E-state index contributed by atoms with van der Waals surface area (Å²) in [6.45, 7) is 1.87. The number of hydrogen-bond donors (Lipinski definition) is 1. The molecule has 2 aromatic heterocycles. The molecular formula is C21H18FN5O. The average molecular weight is 375 g/mol. The third-order valence-corrected chi connectivity index (χ3v) is 4.20. The van der Waals surface area contributed by atoms with Gasteiger partial charge in [-0.25, -0.2) is 9.07 Å². The molecule has 140 valence electrons. The molecule has 2 aromatic carbocycles. The Morgan fingerprint density at radius 2 is 1.79 bits per heavy atom. The van der Waals surface area contributed by atoms with Gasteiger partial charge >= 0.3 is 0 Å². The first kappa shape index (κ1) is 17.7. The number of halogens is 1. The predicted molar refractivity (Wildman–Crippen MR) is 105 cm³/mol. The second kappa shape index (κ2) is 7.48. The summed E-state index contributed by atoms with van der Waals surface area (Å²) in [4.78, 5) is 12.5. The van der Waals surface area contributed by atoms with E-state index >= 15 is 0 Å². The van der Waals surface area contributed by atoms with Crippen molar-refractivity contribution in [3.63, 3.8) is 0 Å². The van der Waals surface area contributed by atoms with Crippen LogP contribution in [0.5, 0.6) is 0 Å². The first-order chi connectivity index (χ1) is 13.6. The minimum Gasteiger partial charge on any atom is -0.309 e. The zero-order valence-electron chi connectivity index (χ0n) is 15.2. The molecule has 0 atom stereocenters. The van der Waals surface area contributed by atoms with E-state index in [-0.39, 0.29) is 18.3 Å². The van der Waals surface area contributed by atoms with Crippen molar-refractivity contribution in [2.24, 2.45) is 0 Å². The van der Waals surface area contributed by atoms with Gasteiger partial charge in [0.25, 0.3) is 0 Å². The molecule has 0 bridgehead atoms. The van der Waals surface area contributed by atoms with E-state index in [0.717, 1.165) is 11.4 Å². The van der Waals surface area contributed by atoms with E-state index in [4.69, 9.17) is 0 Å². The Bertz CT molecular complexity index is 1120. The van der Waals surface area contributed by atoms with Gasteiger partial charge in [-0.1, -0.05) is 30.3 Å². The number of aromatic nitrogens is 4. The number of nitrogens with one attached hydrogen (secondary N) is 1. The molecule has 4 rings (SSSR count). The summed E-state index contributed by atoms with van der Waals surface area (Å²) in [6.07, 6.45) is 1.65. The van der Waals surface area contributed by atoms with Crippen molar-refractivity contribution in [3.05, 3.63) is 84.4 Å². The minimum atomic E-state index is -0.348. The predicted octanol–water partition coefficient (Wildman–Crippen LogP) is 3.82. The van der Waals surface area contributed by atoms with Crippen LogP contribution in [0.3, 0.4) is 0 Å². The quantitative estimate of drug-likeness (QED) is 0.577. The number of benzene rings is 2. The lowest BCUT2D eigenvalue weighted by molar-refractivity contribution is -0.116. The van der Waals surface area contributed by atoms with Gasteiger partial charge in [-0.2, -0.15) is 10.2 Å². The smallest absolute Gasteiger partial charge is 0.247 e. The van der Waals surface area contributed by atoms with Crippen LogP contribution in [0.15, 0.2) is 72.9 Å². The summed E-state index contributed by atoms with van der Waals surface area (Å²) in [5.41, 5.74) is 2.53. The van der Waals surface area contributed by atoms with Crippen LogP contribution in [0.25, 0.3) is 16.9 Å². The number of nitrogens with zero attached hydrogens (tertiary/aromatic N) is 4. The van der Waals surface area contributed by atoms with Crippen LogP contribution in [0.2, 0.25) is 0 Å². The molecule has 0 unspecified atom stereocenters. The lowest BCUT2D eigenvalue weighted by atomic mass is 10.1. The summed E-state index contributed by atoms with van der Waals surface area (Å²) < 4.78 is 17.1. The zero-order valence-corrected chi connectivity index (χ0v) is 15.2. The molecule has 0 saturated heterocycles. The highest BCUT2D eigenvalue weighted by Crippen LogP contribution is 2.20. The number of hydrogen-bond acceptors (Lipinski definition) is 3. The van der Waals surface area contributed by atoms with Gasteiger partial charge < -0.3 is 5.32 Å². The topological polar surface area (TPSA) is 64.7 Å². The monoisotopic (exact) mass is 375 g/mol. The fourth-order valence-electron chi connectivity index (χ4n) is 2.95. The van der Waals surface area contributed by atoms with E-state index in [0.29, 0.717) is 17.1 Å². The molecule has 1 N–H and O–H groups in total. The van der Waals surface area contributed by atoms with Gasteiger partial charge in [0.2, 0.25) is 5.91 Å². The summed E-state index contributed by atoms with van der Waals surface area (Å²) in [5, 5.41) is 11.6. The maximum absolute atomic E-state index is 13.9. The fourth-order valence-corrected chi connectivity index (χ4v) is 2.95. The molecule has 2 heterocycles. The Morgan fingerprint density at radius 1 is 1.04 bits per heavy atom. The summed E-state index contributed by atoms with van der Waals surface area (Å²) in [6, 6.07) is 19.5. The van der Waals surface area contributed by atoms with Crippen molar-refractivity contribution >= 4 is 11.7 Å². The molecule has 0 aliphatic rings. The van der Waals surface area contributed by atoms with Crippen molar-refractivity contribution in [3.8, 4) is 16.9 Å². The van der Waals surface area contributed by atoms with Crippen LogP contribution in [0, 0.1) is 12.7 Å². The van der Waals surface area contributed by atoms with Crippen LogP contribution in [0.4, 0.5) is 10.2 Å². The third kappa shape index (κ3) is 3.68.